The smallest absolute Gasteiger partial charge is 0.408 e. The van der Waals surface area contributed by atoms with Crippen LogP contribution in [0.4, 0.5) is 10.5 Å². The molecule has 3 aromatic carbocycles. The van der Waals surface area contributed by atoms with Crippen LogP contribution in [0, 0.1) is 0 Å². The number of alkyl carbamates (subject to hydrolysis) is 1. The second-order valence-electron chi connectivity index (χ2n) is 15.3. The molecular weight excluding hydrogens is 707 g/mol. The van der Waals surface area contributed by atoms with E-state index in [1.807, 2.05) is 60.7 Å². The minimum atomic E-state index is -1.03. The Kier molecular flexibility index (Phi) is 17.8. The van der Waals surface area contributed by atoms with E-state index in [4.69, 9.17) is 14.2 Å². The number of aliphatic hydroxyl groups is 1. The van der Waals surface area contributed by atoms with Gasteiger partial charge in [-0.15, -0.1) is 0 Å². The topological polar surface area (TPSA) is 118 Å². The number of anilines is 1. The van der Waals surface area contributed by atoms with Gasteiger partial charge in [0.1, 0.15) is 12.6 Å². The molecule has 0 radical (unpaired) electrons. The molecule has 0 aliphatic carbocycles. The van der Waals surface area contributed by atoms with Gasteiger partial charge >= 0.3 is 6.09 Å². The summed E-state index contributed by atoms with van der Waals surface area (Å²) in [5, 5.41) is 12.3. The van der Waals surface area contributed by atoms with Gasteiger partial charge in [0.25, 0.3) is 5.91 Å². The number of aliphatic hydroxyl groups excluding tert-OH is 1. The van der Waals surface area contributed by atoms with Crippen molar-refractivity contribution in [3.63, 3.8) is 0 Å². The lowest BCUT2D eigenvalue weighted by molar-refractivity contribution is -0.253. The molecule has 10 nitrogen and oxygen atoms in total. The van der Waals surface area contributed by atoms with Crippen LogP contribution in [0.15, 0.2) is 78.9 Å². The Bertz CT molecular complexity index is 1620. The first kappa shape index (κ1) is 43.0. The first-order valence-corrected chi connectivity index (χ1v) is 21.0. The second kappa shape index (κ2) is 23.2. The van der Waals surface area contributed by atoms with Crippen LogP contribution in [0.5, 0.6) is 0 Å². The van der Waals surface area contributed by atoms with Crippen LogP contribution < -0.4 is 10.2 Å². The van der Waals surface area contributed by atoms with Crippen LogP contribution in [-0.4, -0.2) is 59.7 Å². The third-order valence-corrected chi connectivity index (χ3v) is 10.8. The van der Waals surface area contributed by atoms with Crippen molar-refractivity contribution in [2.75, 3.05) is 24.5 Å². The van der Waals surface area contributed by atoms with Gasteiger partial charge in [0.2, 0.25) is 5.91 Å². The van der Waals surface area contributed by atoms with E-state index in [1.165, 1.54) is 77.0 Å². The Labute approximate surface area is 333 Å². The molecule has 0 spiro atoms. The molecule has 2 fully saturated rings. The molecule has 304 valence electrons. The van der Waals surface area contributed by atoms with Crippen LogP contribution in [0.25, 0.3) is 0 Å². The van der Waals surface area contributed by atoms with Gasteiger partial charge in [0, 0.05) is 18.5 Å². The molecule has 2 heterocycles. The molecule has 3 amide bonds. The number of benzene rings is 3. The van der Waals surface area contributed by atoms with E-state index in [2.05, 4.69) is 24.1 Å². The molecule has 2 aliphatic heterocycles. The molecule has 0 aromatic heterocycles. The van der Waals surface area contributed by atoms with E-state index in [1.54, 1.807) is 18.2 Å². The summed E-state index contributed by atoms with van der Waals surface area (Å²) in [5.74, 6) is -0.931. The number of nitrogens with zero attached hydrogens (tertiary/aromatic N) is 2. The summed E-state index contributed by atoms with van der Waals surface area (Å²) in [4.78, 5) is 43.1. The molecule has 2 aliphatic rings. The molecule has 0 saturated carbocycles. The van der Waals surface area contributed by atoms with Gasteiger partial charge in [-0.3, -0.25) is 9.59 Å². The lowest BCUT2D eigenvalue weighted by Gasteiger charge is -2.38. The number of hydrogen-bond donors (Lipinski definition) is 2. The van der Waals surface area contributed by atoms with Crippen LogP contribution >= 0.6 is 0 Å². The van der Waals surface area contributed by atoms with Crippen molar-refractivity contribution in [3.05, 3.63) is 101 Å². The number of nitrogens with one attached hydrogen (secondary N) is 1. The lowest BCUT2D eigenvalue weighted by Crippen LogP contribution is -2.42. The maximum absolute atomic E-state index is 13.5. The standard InChI is InChI=1S/C46H63N3O7/c1-3-5-7-9-11-16-27-48(28-17-12-10-8-6-4-2)32-40-30-42(37-25-23-35(33-50)24-26-37)56-45(55-40)38-21-18-22-39(29-38)49-43(51)31-41(44(49)52)47-46(53)54-34-36-19-14-13-15-20-36/h13-15,18-26,29,40-42,45,50H,3-12,16-17,27-28,30-34H2,1-2H3,(H,47,53)/t40-,41?,42+,45+/m0/s1. The highest BCUT2D eigenvalue weighted by Gasteiger charge is 2.41. The second-order valence-corrected chi connectivity index (χ2v) is 15.3. The summed E-state index contributed by atoms with van der Waals surface area (Å²) >= 11 is 0. The fraction of sp³-hybridized carbons (Fsp3) is 0.543. The molecule has 2 saturated heterocycles. The summed E-state index contributed by atoms with van der Waals surface area (Å²) in [6.07, 6.45) is 13.6. The summed E-state index contributed by atoms with van der Waals surface area (Å²) in [6.45, 7) is 7.38. The van der Waals surface area contributed by atoms with Crippen LogP contribution in [0.2, 0.25) is 0 Å². The molecule has 56 heavy (non-hydrogen) atoms. The highest BCUT2D eigenvalue weighted by atomic mass is 16.7. The first-order valence-electron chi connectivity index (χ1n) is 21.0. The Morgan fingerprint density at radius 3 is 2.11 bits per heavy atom. The predicted octanol–water partition coefficient (Wildman–Crippen LogP) is 9.31. The molecule has 0 bridgehead atoms. The van der Waals surface area contributed by atoms with Crippen molar-refractivity contribution >= 4 is 23.6 Å². The molecule has 10 heteroatoms. The van der Waals surface area contributed by atoms with E-state index in [0.29, 0.717) is 17.7 Å². The fourth-order valence-corrected chi connectivity index (χ4v) is 7.58. The third-order valence-electron chi connectivity index (χ3n) is 10.8. The largest absolute Gasteiger partial charge is 0.445 e. The number of ether oxygens (including phenoxy) is 3. The Balaban J connectivity index is 1.28. The van der Waals surface area contributed by atoms with Gasteiger partial charge in [-0.05, 0) is 54.8 Å². The van der Waals surface area contributed by atoms with E-state index >= 15 is 0 Å². The van der Waals surface area contributed by atoms with Crippen molar-refractivity contribution in [1.82, 2.24) is 10.2 Å². The number of unbranched alkanes of at least 4 members (excludes halogenated alkanes) is 10. The van der Waals surface area contributed by atoms with Gasteiger partial charge in [-0.2, -0.15) is 0 Å². The summed E-state index contributed by atoms with van der Waals surface area (Å²) < 4.78 is 18.7. The maximum atomic E-state index is 13.5. The molecule has 5 rings (SSSR count). The highest BCUT2D eigenvalue weighted by Crippen LogP contribution is 2.39. The van der Waals surface area contributed by atoms with Gasteiger partial charge in [0.15, 0.2) is 6.29 Å². The van der Waals surface area contributed by atoms with Crippen LogP contribution in [-0.2, 0) is 37.0 Å². The minimum Gasteiger partial charge on any atom is -0.445 e. The van der Waals surface area contributed by atoms with Crippen molar-refractivity contribution in [1.29, 1.82) is 0 Å². The SMILES string of the molecule is CCCCCCCCN(CCCCCCCC)C[C@@H]1C[C@H](c2ccc(CO)cc2)O[C@H](c2cccc(N3C(=O)CC(NC(=O)OCc4ccccc4)C3=O)c2)O1. The molecule has 2 N–H and O–H groups in total. The molecule has 1 unspecified atom stereocenters. The summed E-state index contributed by atoms with van der Waals surface area (Å²) in [5.41, 5.74) is 3.75. The van der Waals surface area contributed by atoms with Crippen LogP contribution in [0.3, 0.4) is 0 Å². The quantitative estimate of drug-likeness (QED) is 0.0724. The van der Waals surface area contributed by atoms with E-state index in [9.17, 15) is 19.5 Å². The van der Waals surface area contributed by atoms with Gasteiger partial charge < -0.3 is 29.5 Å². The number of rotatable bonds is 23. The van der Waals surface area contributed by atoms with Crippen molar-refractivity contribution in [3.8, 4) is 0 Å². The fourth-order valence-electron chi connectivity index (χ4n) is 7.58. The third kappa shape index (κ3) is 13.3. The summed E-state index contributed by atoms with van der Waals surface area (Å²) in [7, 11) is 0. The Hall–Kier alpha value is -4.09. The monoisotopic (exact) mass is 769 g/mol. The van der Waals surface area contributed by atoms with E-state index in [0.717, 1.165) is 41.2 Å². The normalized spacial score (nSPS) is 19.8. The van der Waals surface area contributed by atoms with Crippen molar-refractivity contribution in [2.24, 2.45) is 0 Å². The molecule has 3 aromatic rings. The van der Waals surface area contributed by atoms with E-state index < -0.39 is 30.2 Å². The van der Waals surface area contributed by atoms with Gasteiger partial charge in [0.05, 0.1) is 30.9 Å². The minimum absolute atomic E-state index is 0.0298. The zero-order valence-electron chi connectivity index (χ0n) is 33.5. The van der Waals surface area contributed by atoms with Gasteiger partial charge in [-0.1, -0.05) is 145 Å². The Morgan fingerprint density at radius 2 is 1.45 bits per heavy atom. The van der Waals surface area contributed by atoms with Crippen molar-refractivity contribution < 1.29 is 33.7 Å². The Morgan fingerprint density at radius 1 is 0.786 bits per heavy atom. The van der Waals surface area contributed by atoms with E-state index in [-0.39, 0.29) is 31.8 Å². The number of hydrogen-bond acceptors (Lipinski definition) is 8. The maximum Gasteiger partial charge on any atom is 0.408 e. The molecular formula is C46H63N3O7. The van der Waals surface area contributed by atoms with Gasteiger partial charge in [-0.25, -0.2) is 9.69 Å². The number of amides is 3. The molecule has 4 atom stereocenters. The predicted molar refractivity (Wildman–Crippen MR) is 219 cm³/mol. The lowest BCUT2D eigenvalue weighted by atomic mass is 9.99. The van der Waals surface area contributed by atoms with Crippen LogP contribution in [0.1, 0.15) is 138 Å². The van der Waals surface area contributed by atoms with Crippen molar-refractivity contribution in [2.45, 2.75) is 141 Å². The summed E-state index contributed by atoms with van der Waals surface area (Å²) in [6, 6.07) is 23.3. The highest BCUT2D eigenvalue weighted by molar-refractivity contribution is 6.22. The average molecular weight is 770 g/mol. The zero-order valence-corrected chi connectivity index (χ0v) is 33.5. The number of carbonyl (C=O) groups excluding carboxylic acids is 3. The average Bonchev–Trinajstić information content (AvgIpc) is 3.50. The number of imide groups is 1. The first-order chi connectivity index (χ1) is 27.4. The zero-order chi connectivity index (χ0) is 39.5. The number of carbonyl (C=O) groups is 3.